The number of rotatable bonds is 10. The van der Waals surface area contributed by atoms with Gasteiger partial charge >= 0.3 is 17.9 Å². The number of esters is 2. The second kappa shape index (κ2) is 17.4. The Kier molecular flexibility index (Phi) is 14.6. The van der Waals surface area contributed by atoms with Crippen LogP contribution in [0.5, 0.6) is 0 Å². The van der Waals surface area contributed by atoms with Crippen LogP contribution in [-0.4, -0.2) is 107 Å². The largest absolute Gasteiger partial charge is 0.480 e. The molecule has 13 nitrogen and oxygen atoms in total. The summed E-state index contributed by atoms with van der Waals surface area (Å²) in [5.41, 5.74) is 2.23. The van der Waals surface area contributed by atoms with E-state index in [1.807, 2.05) is 32.9 Å². The van der Waals surface area contributed by atoms with E-state index in [1.165, 1.54) is 26.4 Å². The summed E-state index contributed by atoms with van der Waals surface area (Å²) in [5, 5.41) is 21.2. The van der Waals surface area contributed by atoms with Gasteiger partial charge in [-0.2, -0.15) is 0 Å². The molecule has 0 fully saturated rings. The van der Waals surface area contributed by atoms with E-state index in [9.17, 15) is 29.6 Å². The van der Waals surface area contributed by atoms with Crippen molar-refractivity contribution in [1.29, 1.82) is 0 Å². The standard InChI is InChI=1S/C27H35N5O8.Gd/c1-39-25(33)18-29-12-14-31(24(27(35)36)11-8-20-6-9-23(10-7-20)32(37)38)15-13-30(19-26(34)40-2)17-22-5-3-4-21(16-29)28-22;/h3-7,9-10,24H,8,11-19H2,1-2H3,(H,35,36);. The third-order valence-corrected chi connectivity index (χ3v) is 6.78. The summed E-state index contributed by atoms with van der Waals surface area (Å²) in [6, 6.07) is 10.8. The van der Waals surface area contributed by atoms with E-state index in [1.54, 1.807) is 12.1 Å². The molecule has 14 heteroatoms. The fourth-order valence-electron chi connectivity index (χ4n) is 4.60. The Morgan fingerprint density at radius 3 is 1.88 bits per heavy atom. The van der Waals surface area contributed by atoms with Crippen LogP contribution in [0.15, 0.2) is 42.5 Å². The van der Waals surface area contributed by atoms with Crippen LogP contribution in [0.1, 0.15) is 23.4 Å². The van der Waals surface area contributed by atoms with Gasteiger partial charge < -0.3 is 14.6 Å². The summed E-state index contributed by atoms with van der Waals surface area (Å²) in [6.45, 7) is 2.16. The molecule has 1 aromatic heterocycles. The third-order valence-electron chi connectivity index (χ3n) is 6.78. The van der Waals surface area contributed by atoms with Gasteiger partial charge in [-0.25, -0.2) is 0 Å². The van der Waals surface area contributed by atoms with Crippen LogP contribution in [0.3, 0.4) is 0 Å². The van der Waals surface area contributed by atoms with E-state index >= 15 is 0 Å². The predicted molar refractivity (Wildman–Crippen MR) is 143 cm³/mol. The molecular weight excluding hydrogens is 680 g/mol. The summed E-state index contributed by atoms with van der Waals surface area (Å²) in [6.07, 6.45) is 0.666. The molecular formula is C27H35GdN5O8. The molecule has 0 spiro atoms. The van der Waals surface area contributed by atoms with E-state index in [0.29, 0.717) is 45.7 Å². The van der Waals surface area contributed by atoms with Crippen molar-refractivity contribution >= 4 is 23.6 Å². The molecule has 1 unspecified atom stereocenters. The average Bonchev–Trinajstić information content (AvgIpc) is 2.93. The molecule has 3 rings (SSSR count). The van der Waals surface area contributed by atoms with Crippen LogP contribution in [0.25, 0.3) is 0 Å². The van der Waals surface area contributed by atoms with Gasteiger partial charge in [-0.3, -0.25) is 44.2 Å². The SMILES string of the molecule is COC(=O)CN1CCN(C(CCc2ccc([N+](=O)[O-])cc2)C(=O)O)CCN(CC(=O)OC)Cc2cccc(n2)C1.[Gd]. The molecule has 2 bridgehead atoms. The molecule has 2 aromatic rings. The monoisotopic (exact) mass is 715 g/mol. The van der Waals surface area contributed by atoms with Crippen LogP contribution in [-0.2, 0) is 43.4 Å². The number of nitrogens with zero attached hydrogens (tertiary/aromatic N) is 5. The van der Waals surface area contributed by atoms with Crippen molar-refractivity contribution in [2.45, 2.75) is 32.0 Å². The summed E-state index contributed by atoms with van der Waals surface area (Å²) in [5.74, 6) is -1.82. The van der Waals surface area contributed by atoms with Crippen LogP contribution < -0.4 is 0 Å². The van der Waals surface area contributed by atoms with Crippen molar-refractivity contribution in [3.63, 3.8) is 0 Å². The molecule has 0 amide bonds. The third kappa shape index (κ3) is 11.3. The van der Waals surface area contributed by atoms with Gasteiger partial charge in [0.1, 0.15) is 6.04 Å². The number of aliphatic carboxylic acids is 1. The van der Waals surface area contributed by atoms with Crippen LogP contribution in [0.4, 0.5) is 5.69 Å². The predicted octanol–water partition coefficient (Wildman–Crippen LogP) is 1.34. The first kappa shape index (κ1) is 34.6. The number of pyridine rings is 1. The van der Waals surface area contributed by atoms with Gasteiger partial charge in [0.25, 0.3) is 5.69 Å². The number of carboxylic acid groups (broad SMARTS) is 1. The van der Waals surface area contributed by atoms with Crippen LogP contribution in [0, 0.1) is 50.1 Å². The van der Waals surface area contributed by atoms with Gasteiger partial charge in [0.05, 0.1) is 43.6 Å². The number of aromatic nitrogens is 1. The maximum absolute atomic E-state index is 12.5. The Morgan fingerprint density at radius 1 is 0.927 bits per heavy atom. The molecule has 1 aromatic carbocycles. The van der Waals surface area contributed by atoms with Gasteiger partial charge in [0.15, 0.2) is 0 Å². The van der Waals surface area contributed by atoms with E-state index < -0.39 is 28.9 Å². The minimum absolute atomic E-state index is 0. The molecule has 0 aliphatic carbocycles. The number of hydrogen-bond donors (Lipinski definition) is 1. The summed E-state index contributed by atoms with van der Waals surface area (Å²) >= 11 is 0. The average molecular weight is 715 g/mol. The van der Waals surface area contributed by atoms with Crippen LogP contribution >= 0.6 is 0 Å². The zero-order valence-electron chi connectivity index (χ0n) is 23.1. The van der Waals surface area contributed by atoms with Crippen molar-refractivity contribution in [1.82, 2.24) is 19.7 Å². The molecule has 41 heavy (non-hydrogen) atoms. The Balaban J connectivity index is 0.00000588. The number of ether oxygens (including phenoxy) is 2. The maximum atomic E-state index is 12.5. The Morgan fingerprint density at radius 2 is 1.44 bits per heavy atom. The molecule has 1 aliphatic rings. The topological polar surface area (TPSA) is 156 Å². The van der Waals surface area contributed by atoms with Gasteiger partial charge in [0, 0.05) is 91.3 Å². The van der Waals surface area contributed by atoms with Crippen molar-refractivity contribution in [3.8, 4) is 0 Å². The fourth-order valence-corrected chi connectivity index (χ4v) is 4.60. The number of fused-ring (bicyclic) bond motifs is 2. The van der Waals surface area contributed by atoms with E-state index in [0.717, 1.165) is 17.0 Å². The first-order valence-corrected chi connectivity index (χ1v) is 12.9. The number of benzene rings is 1. The quantitative estimate of drug-likeness (QED) is 0.215. The molecule has 1 N–H and O–H groups in total. The number of nitro benzene ring substituents is 1. The molecule has 224 valence electrons. The minimum Gasteiger partial charge on any atom is -0.480 e. The summed E-state index contributed by atoms with van der Waals surface area (Å²) < 4.78 is 9.73. The van der Waals surface area contributed by atoms with Gasteiger partial charge in [0.2, 0.25) is 0 Å². The minimum atomic E-state index is -1.00. The molecule has 0 saturated heterocycles. The smallest absolute Gasteiger partial charge is 0.320 e. The zero-order chi connectivity index (χ0) is 29.1. The number of carbonyl (C=O) groups is 3. The zero-order valence-corrected chi connectivity index (χ0v) is 25.4. The Bertz CT molecular complexity index is 1140. The molecule has 1 aliphatic heterocycles. The first-order chi connectivity index (χ1) is 19.2. The maximum Gasteiger partial charge on any atom is 0.320 e. The van der Waals surface area contributed by atoms with Gasteiger partial charge in [-0.15, -0.1) is 0 Å². The molecule has 2 heterocycles. The van der Waals surface area contributed by atoms with Crippen molar-refractivity contribution in [2.75, 3.05) is 53.5 Å². The number of carboxylic acids is 1. The second-order valence-electron chi connectivity index (χ2n) is 9.55. The number of carbonyl (C=O) groups excluding carboxylic acids is 2. The number of non-ortho nitro benzene ring substituents is 1. The fraction of sp³-hybridized carbons (Fsp3) is 0.481. The Labute approximate surface area is 270 Å². The molecule has 1 atom stereocenters. The van der Waals surface area contributed by atoms with Gasteiger partial charge in [-0.1, -0.05) is 18.2 Å². The second-order valence-corrected chi connectivity index (χ2v) is 9.55. The number of aryl methyl sites for hydroxylation is 1. The van der Waals surface area contributed by atoms with Crippen molar-refractivity contribution < 1.29 is 73.8 Å². The Hall–Kier alpha value is -2.62. The number of hydrogen-bond acceptors (Lipinski definition) is 11. The summed E-state index contributed by atoms with van der Waals surface area (Å²) in [7, 11) is 2.64. The van der Waals surface area contributed by atoms with Crippen molar-refractivity contribution in [2.24, 2.45) is 0 Å². The van der Waals surface area contributed by atoms with E-state index in [-0.39, 0.29) is 65.1 Å². The van der Waals surface area contributed by atoms with Crippen LogP contribution in [0.2, 0.25) is 0 Å². The number of methoxy groups -OCH3 is 2. The van der Waals surface area contributed by atoms with Crippen molar-refractivity contribution in [3.05, 3.63) is 69.5 Å². The first-order valence-electron chi connectivity index (χ1n) is 12.9. The van der Waals surface area contributed by atoms with E-state index in [4.69, 9.17) is 14.5 Å². The van der Waals surface area contributed by atoms with E-state index in [2.05, 4.69) is 0 Å². The normalized spacial score (nSPS) is 15.9. The van der Waals surface area contributed by atoms with Gasteiger partial charge in [-0.05, 0) is 30.5 Å². The molecule has 0 saturated carbocycles. The molecule has 0 radical (unpaired) electrons. The number of nitro groups is 1. The summed E-state index contributed by atoms with van der Waals surface area (Å²) in [4.78, 5) is 57.5.